The number of ether oxygens (including phenoxy) is 2. The van der Waals surface area contributed by atoms with Gasteiger partial charge in [0.25, 0.3) is 0 Å². The molecule has 0 aromatic heterocycles. The zero-order chi connectivity index (χ0) is 13.8. The third-order valence-corrected chi connectivity index (χ3v) is 5.42. The summed E-state index contributed by atoms with van der Waals surface area (Å²) in [5.74, 6) is 0.565. The van der Waals surface area contributed by atoms with Gasteiger partial charge >= 0.3 is 0 Å². The van der Waals surface area contributed by atoms with Crippen molar-refractivity contribution in [2.45, 2.75) is 58.5 Å². The standard InChI is InChI=1S/C16H26O3/c1-10-7-11(2)19-16(18-10)8-14-13(15(14,3)4)6-5-12(16)9-17/h5-6,10-14,17H,7-9H2,1-4H3/t10-,11-,12-,13+,14-/m1/s1. The smallest absolute Gasteiger partial charge is 0.177 e. The molecule has 3 nitrogen and oxygen atoms in total. The molecule has 3 heteroatoms. The maximum absolute atomic E-state index is 9.73. The Balaban J connectivity index is 1.91. The van der Waals surface area contributed by atoms with E-state index in [1.165, 1.54) is 0 Å². The van der Waals surface area contributed by atoms with Crippen LogP contribution in [0.4, 0.5) is 0 Å². The first-order valence-electron chi connectivity index (χ1n) is 7.54. The molecule has 1 saturated carbocycles. The highest BCUT2D eigenvalue weighted by Gasteiger charge is 2.62. The summed E-state index contributed by atoms with van der Waals surface area (Å²) in [6.07, 6.45) is 6.63. The average Bonchev–Trinajstić information content (AvgIpc) is 2.85. The van der Waals surface area contributed by atoms with Crippen LogP contribution in [0.15, 0.2) is 12.2 Å². The van der Waals surface area contributed by atoms with Crippen LogP contribution in [0.25, 0.3) is 0 Å². The first-order chi connectivity index (χ1) is 8.89. The molecule has 1 heterocycles. The third kappa shape index (κ3) is 2.07. The summed E-state index contributed by atoms with van der Waals surface area (Å²) in [7, 11) is 0. The summed E-state index contributed by atoms with van der Waals surface area (Å²) in [5, 5.41) is 9.73. The van der Waals surface area contributed by atoms with Gasteiger partial charge in [-0.05, 0) is 37.5 Å². The van der Waals surface area contributed by atoms with Crippen molar-refractivity contribution in [2.24, 2.45) is 23.2 Å². The number of fused-ring (bicyclic) bond motifs is 1. The second-order valence-corrected chi connectivity index (χ2v) is 7.24. The lowest BCUT2D eigenvalue weighted by Crippen LogP contribution is -2.53. The molecule has 5 atom stereocenters. The topological polar surface area (TPSA) is 38.7 Å². The molecule has 0 amide bonds. The summed E-state index contributed by atoms with van der Waals surface area (Å²) in [6.45, 7) is 8.94. The predicted molar refractivity (Wildman–Crippen MR) is 73.5 cm³/mol. The highest BCUT2D eigenvalue weighted by molar-refractivity contribution is 5.20. The molecule has 0 radical (unpaired) electrons. The Labute approximate surface area is 116 Å². The van der Waals surface area contributed by atoms with E-state index in [1.807, 2.05) is 0 Å². The number of rotatable bonds is 1. The lowest BCUT2D eigenvalue weighted by Gasteiger charge is -2.46. The minimum Gasteiger partial charge on any atom is -0.396 e. The van der Waals surface area contributed by atoms with E-state index in [-0.39, 0.29) is 24.7 Å². The normalized spacial score (nSPS) is 51.7. The molecule has 3 rings (SSSR count). The molecule has 1 aliphatic heterocycles. The van der Waals surface area contributed by atoms with E-state index in [0.717, 1.165) is 12.8 Å². The van der Waals surface area contributed by atoms with Gasteiger partial charge in [-0.2, -0.15) is 0 Å². The van der Waals surface area contributed by atoms with Gasteiger partial charge in [-0.1, -0.05) is 26.0 Å². The lowest BCUT2D eigenvalue weighted by atomic mass is 9.89. The molecule has 19 heavy (non-hydrogen) atoms. The van der Waals surface area contributed by atoms with Gasteiger partial charge < -0.3 is 14.6 Å². The quantitative estimate of drug-likeness (QED) is 0.742. The van der Waals surface area contributed by atoms with Gasteiger partial charge in [0.2, 0.25) is 0 Å². The highest BCUT2D eigenvalue weighted by atomic mass is 16.7. The zero-order valence-corrected chi connectivity index (χ0v) is 12.4. The fraction of sp³-hybridized carbons (Fsp3) is 0.875. The van der Waals surface area contributed by atoms with Crippen molar-refractivity contribution >= 4 is 0 Å². The van der Waals surface area contributed by atoms with Crippen molar-refractivity contribution < 1.29 is 14.6 Å². The van der Waals surface area contributed by atoms with E-state index in [1.54, 1.807) is 0 Å². The second-order valence-electron chi connectivity index (χ2n) is 7.24. The van der Waals surface area contributed by atoms with Crippen LogP contribution in [0.2, 0.25) is 0 Å². The maximum Gasteiger partial charge on any atom is 0.177 e. The van der Waals surface area contributed by atoms with Crippen LogP contribution in [-0.2, 0) is 9.47 Å². The molecular weight excluding hydrogens is 240 g/mol. The fourth-order valence-corrected chi connectivity index (χ4v) is 4.16. The van der Waals surface area contributed by atoms with Gasteiger partial charge in [0.05, 0.1) is 24.7 Å². The molecule has 0 unspecified atom stereocenters. The van der Waals surface area contributed by atoms with Crippen molar-refractivity contribution in [1.82, 2.24) is 0 Å². The lowest BCUT2D eigenvalue weighted by molar-refractivity contribution is -0.335. The monoisotopic (exact) mass is 266 g/mol. The van der Waals surface area contributed by atoms with E-state index in [0.29, 0.717) is 17.3 Å². The molecule has 108 valence electrons. The van der Waals surface area contributed by atoms with E-state index < -0.39 is 5.79 Å². The van der Waals surface area contributed by atoms with E-state index in [9.17, 15) is 5.11 Å². The molecule has 1 spiro atoms. The van der Waals surface area contributed by atoms with E-state index >= 15 is 0 Å². The number of aliphatic hydroxyl groups excluding tert-OH is 1. The summed E-state index contributed by atoms with van der Waals surface area (Å²) in [4.78, 5) is 0. The van der Waals surface area contributed by atoms with Crippen LogP contribution in [0, 0.1) is 23.2 Å². The van der Waals surface area contributed by atoms with Gasteiger partial charge in [0.1, 0.15) is 0 Å². The Morgan fingerprint density at radius 3 is 2.37 bits per heavy atom. The molecule has 2 fully saturated rings. The van der Waals surface area contributed by atoms with Gasteiger partial charge in [0.15, 0.2) is 5.79 Å². The van der Waals surface area contributed by atoms with E-state index in [4.69, 9.17) is 9.47 Å². The first-order valence-corrected chi connectivity index (χ1v) is 7.54. The van der Waals surface area contributed by atoms with Crippen molar-refractivity contribution in [3.05, 3.63) is 12.2 Å². The van der Waals surface area contributed by atoms with Crippen molar-refractivity contribution in [3.63, 3.8) is 0 Å². The summed E-state index contributed by atoms with van der Waals surface area (Å²) in [6, 6.07) is 0. The summed E-state index contributed by atoms with van der Waals surface area (Å²) >= 11 is 0. The van der Waals surface area contributed by atoms with Crippen molar-refractivity contribution in [2.75, 3.05) is 6.61 Å². The Bertz CT molecular complexity index is 377. The van der Waals surface area contributed by atoms with Crippen molar-refractivity contribution in [3.8, 4) is 0 Å². The molecule has 2 aliphatic carbocycles. The molecule has 0 bridgehead atoms. The van der Waals surface area contributed by atoms with Crippen LogP contribution < -0.4 is 0 Å². The number of allylic oxidation sites excluding steroid dienone is 1. The minimum absolute atomic E-state index is 0.0405. The maximum atomic E-state index is 9.73. The molecule has 1 N–H and O–H groups in total. The van der Waals surface area contributed by atoms with Gasteiger partial charge in [-0.3, -0.25) is 0 Å². The molecule has 1 saturated heterocycles. The molecule has 0 aromatic rings. The Hall–Kier alpha value is -0.380. The summed E-state index contributed by atoms with van der Waals surface area (Å²) in [5.41, 5.74) is 0.348. The Kier molecular flexibility index (Phi) is 3.08. The number of aliphatic hydroxyl groups is 1. The van der Waals surface area contributed by atoms with Crippen LogP contribution in [0.1, 0.15) is 40.5 Å². The average molecular weight is 266 g/mol. The van der Waals surface area contributed by atoms with Crippen LogP contribution in [0.5, 0.6) is 0 Å². The highest BCUT2D eigenvalue weighted by Crippen LogP contribution is 2.64. The van der Waals surface area contributed by atoms with E-state index in [2.05, 4.69) is 39.8 Å². The largest absolute Gasteiger partial charge is 0.396 e. The van der Waals surface area contributed by atoms with Crippen LogP contribution >= 0.6 is 0 Å². The predicted octanol–water partition coefficient (Wildman–Crippen LogP) is 2.74. The summed E-state index contributed by atoms with van der Waals surface area (Å²) < 4.78 is 12.5. The number of hydrogen-bond acceptors (Lipinski definition) is 3. The zero-order valence-electron chi connectivity index (χ0n) is 12.4. The van der Waals surface area contributed by atoms with Gasteiger partial charge in [0, 0.05) is 6.42 Å². The SMILES string of the molecule is C[C@@H]1C[C@@H](C)OC2(C[C@@H]3[C@H](C=C[C@@H]2CO)C3(C)C)O1. The minimum atomic E-state index is -0.616. The van der Waals surface area contributed by atoms with Crippen LogP contribution in [0.3, 0.4) is 0 Å². The first kappa shape index (κ1) is 13.6. The van der Waals surface area contributed by atoms with Gasteiger partial charge in [-0.15, -0.1) is 0 Å². The van der Waals surface area contributed by atoms with Crippen LogP contribution in [-0.4, -0.2) is 29.7 Å². The molecule has 3 aliphatic rings. The molecular formula is C16H26O3. The van der Waals surface area contributed by atoms with Gasteiger partial charge in [-0.25, -0.2) is 0 Å². The van der Waals surface area contributed by atoms with Crippen molar-refractivity contribution in [1.29, 1.82) is 0 Å². The Morgan fingerprint density at radius 2 is 1.79 bits per heavy atom. The third-order valence-electron chi connectivity index (χ3n) is 5.42. The second kappa shape index (κ2) is 4.31. The Morgan fingerprint density at radius 1 is 1.16 bits per heavy atom. The number of hydrogen-bond donors (Lipinski definition) is 1. The molecule has 0 aromatic carbocycles. The fourth-order valence-electron chi connectivity index (χ4n) is 4.16.